The summed E-state index contributed by atoms with van der Waals surface area (Å²) in [4.78, 5) is 2.71. The van der Waals surface area contributed by atoms with Crippen LogP contribution in [0.1, 0.15) is 51.5 Å². The van der Waals surface area contributed by atoms with Crippen molar-refractivity contribution in [1.82, 2.24) is 4.90 Å². The number of fused-ring (bicyclic) bond motifs is 1. The van der Waals surface area contributed by atoms with Gasteiger partial charge in [0.05, 0.1) is 0 Å². The monoisotopic (exact) mass is 286 g/mol. The Labute approximate surface area is 129 Å². The third-order valence-corrected chi connectivity index (χ3v) is 5.69. The summed E-state index contributed by atoms with van der Waals surface area (Å²) in [7, 11) is 0. The lowest BCUT2D eigenvalue weighted by atomic mass is 9.74. The molecule has 0 aromatic heterocycles. The maximum absolute atomic E-state index is 5.82. The minimum atomic E-state index is 0.204. The normalized spacial score (nSPS) is 27.3. The molecule has 1 aromatic rings. The Bertz CT molecular complexity index is 463. The standard InChI is InChI=1S/C19H30N2/c1-19(2,17-7-9-18(20)10-8-17)14-21-12-11-15-5-3-4-6-16(15)13-21/h7-10,15-16H,3-6,11-14,20H2,1-2H3. The molecule has 0 spiro atoms. The zero-order valence-electron chi connectivity index (χ0n) is 13.6. The fraction of sp³-hybridized carbons (Fsp3) is 0.684. The molecule has 0 amide bonds. The molecule has 2 N–H and O–H groups in total. The highest BCUT2D eigenvalue weighted by Gasteiger charge is 2.33. The number of anilines is 1. The second-order valence-corrected chi connectivity index (χ2v) is 7.83. The molecule has 1 saturated heterocycles. The first-order valence-corrected chi connectivity index (χ1v) is 8.63. The molecule has 2 heteroatoms. The highest BCUT2D eigenvalue weighted by atomic mass is 15.1. The van der Waals surface area contributed by atoms with Crippen molar-refractivity contribution in [1.29, 1.82) is 0 Å². The maximum atomic E-state index is 5.82. The SMILES string of the molecule is CC(C)(CN1CCC2CCCCC2C1)c1ccc(N)cc1. The number of nitrogens with two attached hydrogens (primary N) is 1. The van der Waals surface area contributed by atoms with Crippen molar-refractivity contribution in [3.05, 3.63) is 29.8 Å². The van der Waals surface area contributed by atoms with Crippen LogP contribution in [0, 0.1) is 11.8 Å². The van der Waals surface area contributed by atoms with Crippen LogP contribution in [0.15, 0.2) is 24.3 Å². The van der Waals surface area contributed by atoms with Crippen LogP contribution in [0.5, 0.6) is 0 Å². The van der Waals surface area contributed by atoms with Crippen LogP contribution in [-0.4, -0.2) is 24.5 Å². The molecule has 0 radical (unpaired) electrons. The van der Waals surface area contributed by atoms with E-state index >= 15 is 0 Å². The molecule has 2 fully saturated rings. The van der Waals surface area contributed by atoms with Gasteiger partial charge in [-0.3, -0.25) is 0 Å². The van der Waals surface area contributed by atoms with Crippen molar-refractivity contribution in [2.75, 3.05) is 25.4 Å². The number of rotatable bonds is 3. The summed E-state index contributed by atoms with van der Waals surface area (Å²) in [5.41, 5.74) is 8.28. The largest absolute Gasteiger partial charge is 0.399 e. The molecule has 3 rings (SSSR count). The Kier molecular flexibility index (Phi) is 4.26. The average molecular weight is 286 g/mol. The molecule has 1 aliphatic carbocycles. The van der Waals surface area contributed by atoms with Gasteiger partial charge in [-0.1, -0.05) is 45.2 Å². The number of likely N-dealkylation sites (tertiary alicyclic amines) is 1. The highest BCUT2D eigenvalue weighted by molar-refractivity contribution is 5.41. The molecule has 2 nitrogen and oxygen atoms in total. The van der Waals surface area contributed by atoms with Crippen LogP contribution in [0.2, 0.25) is 0 Å². The lowest BCUT2D eigenvalue weighted by Gasteiger charge is -2.44. The van der Waals surface area contributed by atoms with Gasteiger partial charge < -0.3 is 10.6 Å². The molecule has 1 heterocycles. The van der Waals surface area contributed by atoms with Gasteiger partial charge in [-0.05, 0) is 48.9 Å². The smallest absolute Gasteiger partial charge is 0.0314 e. The number of benzene rings is 1. The summed E-state index contributed by atoms with van der Waals surface area (Å²) in [6.07, 6.45) is 7.29. The van der Waals surface area contributed by atoms with E-state index in [2.05, 4.69) is 30.9 Å². The molecule has 0 bridgehead atoms. The van der Waals surface area contributed by atoms with Gasteiger partial charge >= 0.3 is 0 Å². The Hall–Kier alpha value is -1.02. The van der Waals surface area contributed by atoms with Gasteiger partial charge in [0.25, 0.3) is 0 Å². The van der Waals surface area contributed by atoms with Gasteiger partial charge in [0.2, 0.25) is 0 Å². The zero-order chi connectivity index (χ0) is 14.9. The van der Waals surface area contributed by atoms with Gasteiger partial charge in [0.15, 0.2) is 0 Å². The minimum absolute atomic E-state index is 0.204. The van der Waals surface area contributed by atoms with Crippen molar-refractivity contribution < 1.29 is 0 Å². The van der Waals surface area contributed by atoms with E-state index in [0.717, 1.165) is 17.5 Å². The molecule has 2 atom stereocenters. The van der Waals surface area contributed by atoms with Crippen molar-refractivity contribution in [3.8, 4) is 0 Å². The fourth-order valence-corrected chi connectivity index (χ4v) is 4.40. The fourth-order valence-electron chi connectivity index (χ4n) is 4.40. The van der Waals surface area contributed by atoms with Crippen LogP contribution in [0.25, 0.3) is 0 Å². The van der Waals surface area contributed by atoms with Crippen molar-refractivity contribution >= 4 is 5.69 Å². The Morgan fingerprint density at radius 3 is 2.43 bits per heavy atom. The lowest BCUT2D eigenvalue weighted by molar-refractivity contribution is 0.0738. The van der Waals surface area contributed by atoms with Crippen molar-refractivity contribution in [3.63, 3.8) is 0 Å². The maximum Gasteiger partial charge on any atom is 0.0314 e. The number of nitrogens with zero attached hydrogens (tertiary/aromatic N) is 1. The van der Waals surface area contributed by atoms with Crippen LogP contribution in [-0.2, 0) is 5.41 Å². The van der Waals surface area contributed by atoms with E-state index in [0.29, 0.717) is 0 Å². The van der Waals surface area contributed by atoms with E-state index in [4.69, 9.17) is 5.73 Å². The van der Waals surface area contributed by atoms with Gasteiger partial charge in [-0.2, -0.15) is 0 Å². The minimum Gasteiger partial charge on any atom is -0.399 e. The summed E-state index contributed by atoms with van der Waals surface area (Å²) >= 11 is 0. The second-order valence-electron chi connectivity index (χ2n) is 7.83. The number of hydrogen-bond acceptors (Lipinski definition) is 2. The van der Waals surface area contributed by atoms with Gasteiger partial charge in [-0.25, -0.2) is 0 Å². The summed E-state index contributed by atoms with van der Waals surface area (Å²) in [6, 6.07) is 8.46. The van der Waals surface area contributed by atoms with E-state index in [1.54, 1.807) is 0 Å². The summed E-state index contributed by atoms with van der Waals surface area (Å²) < 4.78 is 0. The first-order valence-electron chi connectivity index (χ1n) is 8.63. The molecule has 2 unspecified atom stereocenters. The van der Waals surface area contributed by atoms with Crippen LogP contribution in [0.3, 0.4) is 0 Å². The number of piperidine rings is 1. The van der Waals surface area contributed by atoms with Crippen molar-refractivity contribution in [2.24, 2.45) is 11.8 Å². The summed E-state index contributed by atoms with van der Waals surface area (Å²) in [5.74, 6) is 1.99. The average Bonchev–Trinajstić information content (AvgIpc) is 2.47. The molecule has 1 aliphatic heterocycles. The first-order chi connectivity index (χ1) is 10.0. The lowest BCUT2D eigenvalue weighted by Crippen LogP contribution is -2.46. The third kappa shape index (κ3) is 3.42. The predicted molar refractivity (Wildman–Crippen MR) is 90.4 cm³/mol. The molecular formula is C19H30N2. The van der Waals surface area contributed by atoms with E-state index in [1.165, 1.54) is 57.3 Å². The topological polar surface area (TPSA) is 29.3 Å². The van der Waals surface area contributed by atoms with E-state index < -0.39 is 0 Å². The Balaban J connectivity index is 1.63. The number of hydrogen-bond donors (Lipinski definition) is 1. The molecule has 21 heavy (non-hydrogen) atoms. The van der Waals surface area contributed by atoms with Gasteiger partial charge in [0.1, 0.15) is 0 Å². The van der Waals surface area contributed by atoms with Gasteiger partial charge in [-0.15, -0.1) is 0 Å². The van der Waals surface area contributed by atoms with Gasteiger partial charge in [0, 0.05) is 24.2 Å². The Morgan fingerprint density at radius 2 is 1.71 bits per heavy atom. The number of nitrogen functional groups attached to an aromatic ring is 1. The molecule has 1 saturated carbocycles. The quantitative estimate of drug-likeness (QED) is 0.849. The molecule has 116 valence electrons. The highest BCUT2D eigenvalue weighted by Crippen LogP contribution is 2.37. The predicted octanol–water partition coefficient (Wildman–Crippen LogP) is 4.06. The third-order valence-electron chi connectivity index (χ3n) is 5.69. The van der Waals surface area contributed by atoms with Crippen LogP contribution in [0.4, 0.5) is 5.69 Å². The summed E-state index contributed by atoms with van der Waals surface area (Å²) in [5, 5.41) is 0. The van der Waals surface area contributed by atoms with E-state index in [9.17, 15) is 0 Å². The summed E-state index contributed by atoms with van der Waals surface area (Å²) in [6.45, 7) is 8.51. The molecule has 2 aliphatic rings. The zero-order valence-corrected chi connectivity index (χ0v) is 13.6. The first kappa shape index (κ1) is 14.9. The second kappa shape index (κ2) is 6.00. The molecule has 1 aromatic carbocycles. The Morgan fingerprint density at radius 1 is 1.05 bits per heavy atom. The van der Waals surface area contributed by atoms with Crippen LogP contribution >= 0.6 is 0 Å². The van der Waals surface area contributed by atoms with E-state index in [-0.39, 0.29) is 5.41 Å². The van der Waals surface area contributed by atoms with E-state index in [1.807, 2.05) is 12.1 Å². The molecular weight excluding hydrogens is 256 g/mol. The van der Waals surface area contributed by atoms with Crippen molar-refractivity contribution in [2.45, 2.75) is 51.4 Å². The van der Waals surface area contributed by atoms with Crippen LogP contribution < -0.4 is 5.73 Å².